The van der Waals surface area contributed by atoms with Gasteiger partial charge in [-0.1, -0.05) is 51.1 Å². The minimum absolute atomic E-state index is 0.105. The molecule has 2 heteroatoms. The maximum Gasteiger partial charge on any atom is 0.123 e. The summed E-state index contributed by atoms with van der Waals surface area (Å²) in [5.74, 6) is 0.955. The Morgan fingerprint density at radius 1 is 1.19 bits per heavy atom. The Bertz CT molecular complexity index is 350. The molecule has 1 aromatic rings. The van der Waals surface area contributed by atoms with Gasteiger partial charge in [-0.15, -0.1) is 0 Å². The number of hydrogen-bond acceptors (Lipinski definition) is 2. The van der Waals surface area contributed by atoms with Crippen LogP contribution in [0.4, 0.5) is 0 Å². The van der Waals surface area contributed by atoms with E-state index in [0.29, 0.717) is 13.2 Å². The van der Waals surface area contributed by atoms with Crippen LogP contribution in [0.15, 0.2) is 36.4 Å². The third-order valence-corrected chi connectivity index (χ3v) is 2.33. The zero-order valence-corrected chi connectivity index (χ0v) is 10.4. The van der Waals surface area contributed by atoms with E-state index in [2.05, 4.69) is 26.8 Å². The number of nitrogens with two attached hydrogens (primary N) is 1. The number of benzene rings is 1. The summed E-state index contributed by atoms with van der Waals surface area (Å²) in [7, 11) is 0. The molecule has 0 aliphatic carbocycles. The van der Waals surface area contributed by atoms with E-state index in [0.717, 1.165) is 5.75 Å². The van der Waals surface area contributed by atoms with Gasteiger partial charge in [0.15, 0.2) is 0 Å². The van der Waals surface area contributed by atoms with Crippen LogP contribution in [0.25, 0.3) is 0 Å². The van der Waals surface area contributed by atoms with E-state index in [4.69, 9.17) is 10.5 Å². The minimum Gasteiger partial charge on any atom is -0.489 e. The lowest BCUT2D eigenvalue weighted by atomic mass is 9.86. The molecule has 88 valence electrons. The average molecular weight is 219 g/mol. The Kier molecular flexibility index (Phi) is 4.56. The van der Waals surface area contributed by atoms with Crippen LogP contribution >= 0.6 is 0 Å². The Morgan fingerprint density at radius 2 is 1.88 bits per heavy atom. The fourth-order valence-electron chi connectivity index (χ4n) is 1.51. The van der Waals surface area contributed by atoms with E-state index in [9.17, 15) is 0 Å². The van der Waals surface area contributed by atoms with E-state index in [-0.39, 0.29) is 5.41 Å². The molecule has 0 spiro atoms. The van der Waals surface area contributed by atoms with E-state index in [1.807, 2.05) is 30.4 Å². The van der Waals surface area contributed by atoms with Gasteiger partial charge in [0.2, 0.25) is 0 Å². The zero-order valence-electron chi connectivity index (χ0n) is 10.4. The van der Waals surface area contributed by atoms with Crippen molar-refractivity contribution < 1.29 is 4.74 Å². The van der Waals surface area contributed by atoms with Gasteiger partial charge in [-0.05, 0) is 17.0 Å². The molecule has 0 saturated heterocycles. The number of ether oxygens (including phenoxy) is 1. The smallest absolute Gasteiger partial charge is 0.123 e. The SMILES string of the molecule is CC(C)(C)c1ccccc1OCC=CCN. The highest BCUT2D eigenvalue weighted by molar-refractivity contribution is 5.38. The molecule has 16 heavy (non-hydrogen) atoms. The van der Waals surface area contributed by atoms with Crippen LogP contribution < -0.4 is 10.5 Å². The van der Waals surface area contributed by atoms with Crippen molar-refractivity contribution in [1.29, 1.82) is 0 Å². The van der Waals surface area contributed by atoms with Gasteiger partial charge in [-0.3, -0.25) is 0 Å². The molecule has 0 fully saturated rings. The fraction of sp³-hybridized carbons (Fsp3) is 0.429. The van der Waals surface area contributed by atoms with E-state index < -0.39 is 0 Å². The van der Waals surface area contributed by atoms with Crippen molar-refractivity contribution in [1.82, 2.24) is 0 Å². The highest BCUT2D eigenvalue weighted by Gasteiger charge is 2.17. The van der Waals surface area contributed by atoms with Crippen molar-refractivity contribution in [3.05, 3.63) is 42.0 Å². The molecule has 0 aliphatic rings. The highest BCUT2D eigenvalue weighted by atomic mass is 16.5. The molecule has 0 amide bonds. The second kappa shape index (κ2) is 5.71. The molecule has 0 unspecified atom stereocenters. The van der Waals surface area contributed by atoms with Crippen LogP contribution in [0.2, 0.25) is 0 Å². The van der Waals surface area contributed by atoms with Crippen molar-refractivity contribution in [2.75, 3.05) is 13.2 Å². The molecule has 0 aliphatic heterocycles. The molecule has 0 aromatic heterocycles. The highest BCUT2D eigenvalue weighted by Crippen LogP contribution is 2.30. The third kappa shape index (κ3) is 3.70. The van der Waals surface area contributed by atoms with Crippen molar-refractivity contribution in [3.63, 3.8) is 0 Å². The molecular weight excluding hydrogens is 198 g/mol. The molecule has 2 N–H and O–H groups in total. The van der Waals surface area contributed by atoms with Gasteiger partial charge in [0, 0.05) is 6.54 Å². The summed E-state index contributed by atoms with van der Waals surface area (Å²) >= 11 is 0. The van der Waals surface area contributed by atoms with Crippen molar-refractivity contribution in [2.45, 2.75) is 26.2 Å². The maximum absolute atomic E-state index is 5.72. The van der Waals surface area contributed by atoms with E-state index >= 15 is 0 Å². The van der Waals surface area contributed by atoms with Crippen molar-refractivity contribution in [3.8, 4) is 5.75 Å². The maximum atomic E-state index is 5.72. The van der Waals surface area contributed by atoms with Crippen LogP contribution in [0.1, 0.15) is 26.3 Å². The first-order valence-corrected chi connectivity index (χ1v) is 5.63. The number of rotatable bonds is 4. The first kappa shape index (κ1) is 12.8. The minimum atomic E-state index is 0.105. The molecule has 2 nitrogen and oxygen atoms in total. The average Bonchev–Trinajstić information content (AvgIpc) is 2.24. The lowest BCUT2D eigenvalue weighted by molar-refractivity contribution is 0.350. The lowest BCUT2D eigenvalue weighted by Crippen LogP contribution is -2.13. The van der Waals surface area contributed by atoms with Gasteiger partial charge in [0.25, 0.3) is 0 Å². The lowest BCUT2D eigenvalue weighted by Gasteiger charge is -2.22. The predicted octanol–water partition coefficient (Wildman–Crippen LogP) is 2.88. The van der Waals surface area contributed by atoms with E-state index in [1.54, 1.807) is 0 Å². The van der Waals surface area contributed by atoms with Crippen LogP contribution in [0, 0.1) is 0 Å². The Balaban J connectivity index is 2.76. The second-order valence-corrected chi connectivity index (χ2v) is 4.76. The third-order valence-electron chi connectivity index (χ3n) is 2.33. The Labute approximate surface area is 98.1 Å². The summed E-state index contributed by atoms with van der Waals surface area (Å²) in [6.45, 7) is 7.69. The Hall–Kier alpha value is -1.28. The predicted molar refractivity (Wildman–Crippen MR) is 68.8 cm³/mol. The van der Waals surface area contributed by atoms with Crippen LogP contribution in [0.3, 0.4) is 0 Å². The summed E-state index contributed by atoms with van der Waals surface area (Å²) < 4.78 is 5.72. The van der Waals surface area contributed by atoms with Gasteiger partial charge in [0.1, 0.15) is 12.4 Å². The van der Waals surface area contributed by atoms with Crippen LogP contribution in [-0.4, -0.2) is 13.2 Å². The van der Waals surface area contributed by atoms with Gasteiger partial charge in [-0.2, -0.15) is 0 Å². The molecular formula is C14H21NO. The summed E-state index contributed by atoms with van der Waals surface area (Å²) in [4.78, 5) is 0. The largest absolute Gasteiger partial charge is 0.489 e. The Morgan fingerprint density at radius 3 is 2.50 bits per heavy atom. The summed E-state index contributed by atoms with van der Waals surface area (Å²) in [5.41, 5.74) is 6.70. The summed E-state index contributed by atoms with van der Waals surface area (Å²) in [6, 6.07) is 8.17. The molecule has 1 rings (SSSR count). The quantitative estimate of drug-likeness (QED) is 0.790. The zero-order chi connectivity index (χ0) is 12.0. The van der Waals surface area contributed by atoms with Crippen LogP contribution in [-0.2, 0) is 5.41 Å². The van der Waals surface area contributed by atoms with Gasteiger partial charge in [0.05, 0.1) is 0 Å². The molecule has 0 saturated carbocycles. The topological polar surface area (TPSA) is 35.2 Å². The fourth-order valence-corrected chi connectivity index (χ4v) is 1.51. The first-order valence-electron chi connectivity index (χ1n) is 5.63. The standard InChI is InChI=1S/C14H21NO/c1-14(2,3)12-8-4-5-9-13(12)16-11-7-6-10-15/h4-9H,10-11,15H2,1-3H3. The molecule has 1 aromatic carbocycles. The molecule has 0 radical (unpaired) electrons. The van der Waals surface area contributed by atoms with E-state index in [1.165, 1.54) is 5.56 Å². The van der Waals surface area contributed by atoms with Crippen LogP contribution in [0.5, 0.6) is 5.75 Å². The summed E-state index contributed by atoms with van der Waals surface area (Å²) in [6.07, 6.45) is 3.85. The molecule has 0 bridgehead atoms. The number of hydrogen-bond donors (Lipinski definition) is 1. The molecule has 0 atom stereocenters. The number of para-hydroxylation sites is 1. The van der Waals surface area contributed by atoms with Gasteiger partial charge >= 0.3 is 0 Å². The normalized spacial score (nSPS) is 12.0. The van der Waals surface area contributed by atoms with Crippen molar-refractivity contribution >= 4 is 0 Å². The monoisotopic (exact) mass is 219 g/mol. The second-order valence-electron chi connectivity index (χ2n) is 4.76. The molecule has 0 heterocycles. The first-order chi connectivity index (χ1) is 7.55. The van der Waals surface area contributed by atoms with Gasteiger partial charge in [-0.25, -0.2) is 0 Å². The van der Waals surface area contributed by atoms with Crippen molar-refractivity contribution in [2.24, 2.45) is 5.73 Å². The summed E-state index contributed by atoms with van der Waals surface area (Å²) in [5, 5.41) is 0. The van der Waals surface area contributed by atoms with Gasteiger partial charge < -0.3 is 10.5 Å².